The Kier molecular flexibility index (Phi) is 6.34. The van der Waals surface area contributed by atoms with E-state index in [0.717, 1.165) is 25.7 Å². The Hall–Kier alpha value is -0.890. The number of carbonyl (C=O) groups excluding carboxylic acids is 1. The van der Waals surface area contributed by atoms with Crippen LogP contribution in [0.3, 0.4) is 0 Å². The average molecular weight is 271 g/mol. The van der Waals surface area contributed by atoms with Crippen molar-refractivity contribution in [3.63, 3.8) is 0 Å². The molecule has 0 saturated heterocycles. The molecule has 0 spiro atoms. The predicted octanol–water partition coefficient (Wildman–Crippen LogP) is 4.81. The highest BCUT2D eigenvalue weighted by Gasteiger charge is 2.18. The summed E-state index contributed by atoms with van der Waals surface area (Å²) in [7, 11) is 0. The fourth-order valence-corrected chi connectivity index (χ4v) is 2.25. The van der Waals surface area contributed by atoms with Gasteiger partial charge in [0.1, 0.15) is 11.6 Å². The highest BCUT2D eigenvalue weighted by Crippen LogP contribution is 2.21. The van der Waals surface area contributed by atoms with E-state index >= 15 is 0 Å². The topological polar surface area (TPSA) is 17.1 Å². The number of unbranched alkanes of at least 4 members (excludes halogenated alkanes) is 1. The van der Waals surface area contributed by atoms with Gasteiger partial charge in [0.15, 0.2) is 0 Å². The smallest absolute Gasteiger partial charge is 0.145 e. The van der Waals surface area contributed by atoms with Crippen molar-refractivity contribution in [1.82, 2.24) is 0 Å². The predicted molar refractivity (Wildman–Crippen MR) is 73.4 cm³/mol. The molecule has 0 aliphatic heterocycles. The van der Waals surface area contributed by atoms with Gasteiger partial charge in [-0.2, -0.15) is 0 Å². The van der Waals surface area contributed by atoms with Crippen LogP contribution in [0.2, 0.25) is 5.02 Å². The summed E-state index contributed by atoms with van der Waals surface area (Å²) >= 11 is 5.71. The Morgan fingerprint density at radius 2 is 2.11 bits per heavy atom. The zero-order chi connectivity index (χ0) is 13.5. The molecule has 0 amide bonds. The number of rotatable bonds is 7. The van der Waals surface area contributed by atoms with Gasteiger partial charge in [0.25, 0.3) is 0 Å². The molecule has 0 N–H and O–H groups in total. The average Bonchev–Trinajstić information content (AvgIpc) is 2.36. The number of hydrogen-bond donors (Lipinski definition) is 0. The van der Waals surface area contributed by atoms with Gasteiger partial charge in [0.05, 0.1) is 5.02 Å². The molecule has 1 unspecified atom stereocenters. The lowest BCUT2D eigenvalue weighted by atomic mass is 9.91. The summed E-state index contributed by atoms with van der Waals surface area (Å²) in [5, 5.41) is 0.0851. The molecule has 0 aliphatic rings. The maximum Gasteiger partial charge on any atom is 0.145 e. The van der Waals surface area contributed by atoms with E-state index in [4.69, 9.17) is 11.6 Å². The summed E-state index contributed by atoms with van der Waals surface area (Å²) in [5.74, 6) is -0.298. The highest BCUT2D eigenvalue weighted by molar-refractivity contribution is 6.30. The maximum atomic E-state index is 13.7. The van der Waals surface area contributed by atoms with Crippen molar-refractivity contribution in [1.29, 1.82) is 0 Å². The molecular formula is C15H20ClFO. The molecule has 3 heteroatoms. The molecule has 100 valence electrons. The first kappa shape index (κ1) is 15.2. The SMILES string of the molecule is CCCCC(CC)C(=O)Cc1cccc(Cl)c1F. The fourth-order valence-electron chi connectivity index (χ4n) is 2.06. The molecule has 0 radical (unpaired) electrons. The van der Waals surface area contributed by atoms with Gasteiger partial charge in [-0.15, -0.1) is 0 Å². The van der Waals surface area contributed by atoms with Gasteiger partial charge >= 0.3 is 0 Å². The van der Waals surface area contributed by atoms with Crippen LogP contribution in [0.4, 0.5) is 4.39 Å². The van der Waals surface area contributed by atoms with Crippen LogP contribution in [0.15, 0.2) is 18.2 Å². The van der Waals surface area contributed by atoms with Crippen LogP contribution in [0, 0.1) is 11.7 Å². The van der Waals surface area contributed by atoms with E-state index in [2.05, 4.69) is 6.92 Å². The van der Waals surface area contributed by atoms with Crippen LogP contribution >= 0.6 is 11.6 Å². The van der Waals surface area contributed by atoms with Crippen LogP contribution in [0.25, 0.3) is 0 Å². The first-order chi connectivity index (χ1) is 8.60. The molecule has 1 nitrogen and oxygen atoms in total. The monoisotopic (exact) mass is 270 g/mol. The highest BCUT2D eigenvalue weighted by atomic mass is 35.5. The zero-order valence-electron chi connectivity index (χ0n) is 11.0. The van der Waals surface area contributed by atoms with Gasteiger partial charge in [-0.1, -0.05) is 50.4 Å². The van der Waals surface area contributed by atoms with E-state index in [1.54, 1.807) is 12.1 Å². The van der Waals surface area contributed by atoms with Crippen LogP contribution in [-0.4, -0.2) is 5.78 Å². The maximum absolute atomic E-state index is 13.7. The van der Waals surface area contributed by atoms with E-state index in [0.29, 0.717) is 5.56 Å². The third-order valence-corrected chi connectivity index (χ3v) is 3.54. The summed E-state index contributed by atoms with van der Waals surface area (Å²) in [6.07, 6.45) is 3.99. The quantitative estimate of drug-likeness (QED) is 0.695. The summed E-state index contributed by atoms with van der Waals surface area (Å²) in [4.78, 5) is 12.1. The molecule has 1 atom stereocenters. The molecule has 0 aromatic heterocycles. The van der Waals surface area contributed by atoms with Gasteiger partial charge in [-0.3, -0.25) is 4.79 Å². The first-order valence-corrected chi connectivity index (χ1v) is 6.93. The Labute approximate surface area is 113 Å². The first-order valence-electron chi connectivity index (χ1n) is 6.55. The van der Waals surface area contributed by atoms with Crippen LogP contribution in [0.1, 0.15) is 45.1 Å². The molecule has 1 aromatic rings. The number of Topliss-reactive ketones (excluding diaryl/α,β-unsaturated/α-hetero) is 1. The Morgan fingerprint density at radius 3 is 2.72 bits per heavy atom. The van der Waals surface area contributed by atoms with E-state index in [1.807, 2.05) is 6.92 Å². The van der Waals surface area contributed by atoms with Gasteiger partial charge in [-0.25, -0.2) is 4.39 Å². The fraction of sp³-hybridized carbons (Fsp3) is 0.533. The molecule has 0 bridgehead atoms. The summed E-state index contributed by atoms with van der Waals surface area (Å²) in [6.45, 7) is 4.11. The number of carbonyl (C=O) groups is 1. The zero-order valence-corrected chi connectivity index (χ0v) is 11.8. The van der Waals surface area contributed by atoms with Gasteiger partial charge in [-0.05, 0) is 24.5 Å². The van der Waals surface area contributed by atoms with Crippen LogP contribution in [-0.2, 0) is 11.2 Å². The van der Waals surface area contributed by atoms with Crippen LogP contribution < -0.4 is 0 Å². The molecular weight excluding hydrogens is 251 g/mol. The van der Waals surface area contributed by atoms with Crippen molar-refractivity contribution in [2.45, 2.75) is 46.0 Å². The minimum Gasteiger partial charge on any atom is -0.299 e. The standard InChI is InChI=1S/C15H20ClFO/c1-3-5-7-11(4-2)14(18)10-12-8-6-9-13(16)15(12)17/h6,8-9,11H,3-5,7,10H2,1-2H3. The van der Waals surface area contributed by atoms with Crippen molar-refractivity contribution < 1.29 is 9.18 Å². The second-order valence-corrected chi connectivity index (χ2v) is 5.01. The van der Waals surface area contributed by atoms with Crippen molar-refractivity contribution in [3.8, 4) is 0 Å². The number of ketones is 1. The third-order valence-electron chi connectivity index (χ3n) is 3.25. The van der Waals surface area contributed by atoms with Crippen molar-refractivity contribution >= 4 is 17.4 Å². The second-order valence-electron chi connectivity index (χ2n) is 4.60. The van der Waals surface area contributed by atoms with Gasteiger partial charge in [0, 0.05) is 12.3 Å². The Bertz CT molecular complexity index is 403. The molecule has 0 fully saturated rings. The summed E-state index contributed by atoms with van der Waals surface area (Å²) < 4.78 is 13.7. The summed E-state index contributed by atoms with van der Waals surface area (Å²) in [6, 6.07) is 4.81. The molecule has 1 rings (SSSR count). The second kappa shape index (κ2) is 7.52. The summed E-state index contributed by atoms with van der Waals surface area (Å²) in [5.41, 5.74) is 0.405. The lowest BCUT2D eigenvalue weighted by molar-refractivity contribution is -0.122. The molecule has 1 aromatic carbocycles. The Balaban J connectivity index is 2.70. The van der Waals surface area contributed by atoms with Gasteiger partial charge in [0.2, 0.25) is 0 Å². The third kappa shape index (κ3) is 4.09. The van der Waals surface area contributed by atoms with Crippen molar-refractivity contribution in [2.24, 2.45) is 5.92 Å². The molecule has 0 saturated carbocycles. The largest absolute Gasteiger partial charge is 0.299 e. The van der Waals surface area contributed by atoms with E-state index < -0.39 is 5.82 Å². The lowest BCUT2D eigenvalue weighted by Crippen LogP contribution is -2.17. The lowest BCUT2D eigenvalue weighted by Gasteiger charge is -2.13. The van der Waals surface area contributed by atoms with Crippen LogP contribution in [0.5, 0.6) is 0 Å². The molecule has 0 aliphatic carbocycles. The van der Waals surface area contributed by atoms with E-state index in [-0.39, 0.29) is 23.1 Å². The number of halogens is 2. The van der Waals surface area contributed by atoms with Crippen molar-refractivity contribution in [2.75, 3.05) is 0 Å². The molecule has 18 heavy (non-hydrogen) atoms. The van der Waals surface area contributed by atoms with Crippen molar-refractivity contribution in [3.05, 3.63) is 34.6 Å². The Morgan fingerprint density at radius 1 is 1.39 bits per heavy atom. The number of benzene rings is 1. The van der Waals surface area contributed by atoms with E-state index in [1.165, 1.54) is 6.07 Å². The minimum atomic E-state index is -0.460. The normalized spacial score (nSPS) is 12.4. The van der Waals surface area contributed by atoms with E-state index in [9.17, 15) is 9.18 Å². The van der Waals surface area contributed by atoms with Gasteiger partial charge < -0.3 is 0 Å². The number of hydrogen-bond acceptors (Lipinski definition) is 1. The molecule has 0 heterocycles. The minimum absolute atomic E-state index is 0.0448.